The number of anilines is 1. The van der Waals surface area contributed by atoms with Crippen molar-refractivity contribution < 1.29 is 24.5 Å². The summed E-state index contributed by atoms with van der Waals surface area (Å²) in [5, 5.41) is 20.7. The highest BCUT2D eigenvalue weighted by Crippen LogP contribution is 2.42. The summed E-state index contributed by atoms with van der Waals surface area (Å²) in [4.78, 5) is 27.4. The predicted molar refractivity (Wildman–Crippen MR) is 117 cm³/mol. The molecular weight excluding hydrogens is 394 g/mol. The quantitative estimate of drug-likeness (QED) is 0.376. The Labute approximate surface area is 179 Å². The first-order valence-corrected chi connectivity index (χ1v) is 9.71. The van der Waals surface area contributed by atoms with Crippen molar-refractivity contribution in [2.45, 2.75) is 13.0 Å². The smallest absolute Gasteiger partial charge is 0.300 e. The second-order valence-electron chi connectivity index (χ2n) is 7.32. The molecule has 6 nitrogen and oxygen atoms in total. The predicted octanol–water partition coefficient (Wildman–Crippen LogP) is 4.34. The van der Waals surface area contributed by atoms with Gasteiger partial charge < -0.3 is 14.9 Å². The summed E-state index contributed by atoms with van der Waals surface area (Å²) < 4.78 is 5.22. The maximum atomic E-state index is 13.1. The van der Waals surface area contributed by atoms with Crippen molar-refractivity contribution in [3.8, 4) is 11.5 Å². The van der Waals surface area contributed by atoms with Crippen molar-refractivity contribution in [3.63, 3.8) is 0 Å². The molecule has 2 N–H and O–H groups in total. The average Bonchev–Trinajstić information content (AvgIpc) is 3.05. The molecule has 1 fully saturated rings. The molecule has 1 atom stereocenters. The van der Waals surface area contributed by atoms with Gasteiger partial charge in [0.05, 0.1) is 18.7 Å². The van der Waals surface area contributed by atoms with E-state index in [1.165, 1.54) is 17.0 Å². The van der Waals surface area contributed by atoms with E-state index in [4.69, 9.17) is 4.74 Å². The van der Waals surface area contributed by atoms with Crippen molar-refractivity contribution in [1.29, 1.82) is 0 Å². The molecule has 31 heavy (non-hydrogen) atoms. The summed E-state index contributed by atoms with van der Waals surface area (Å²) in [7, 11) is 1.55. The van der Waals surface area contributed by atoms with Gasteiger partial charge in [0.2, 0.25) is 0 Å². The van der Waals surface area contributed by atoms with Crippen LogP contribution in [0, 0.1) is 6.92 Å². The molecule has 0 unspecified atom stereocenters. The Kier molecular flexibility index (Phi) is 5.21. The molecule has 0 spiro atoms. The molecule has 0 saturated carbocycles. The molecule has 1 amide bonds. The molecule has 1 aliphatic rings. The lowest BCUT2D eigenvalue weighted by Crippen LogP contribution is -2.29. The van der Waals surface area contributed by atoms with Crippen LogP contribution in [0.5, 0.6) is 11.5 Å². The van der Waals surface area contributed by atoms with Gasteiger partial charge in [0, 0.05) is 11.3 Å². The van der Waals surface area contributed by atoms with E-state index in [9.17, 15) is 19.8 Å². The second kappa shape index (κ2) is 7.99. The number of aliphatic hydroxyl groups excluding tert-OH is 1. The normalized spacial score (nSPS) is 17.7. The fourth-order valence-corrected chi connectivity index (χ4v) is 3.68. The summed E-state index contributed by atoms with van der Waals surface area (Å²) in [6.07, 6.45) is 0. The number of Topliss-reactive ketones (excluding diaryl/α,β-unsaturated/α-hetero) is 1. The summed E-state index contributed by atoms with van der Waals surface area (Å²) in [5.74, 6) is -1.09. The topological polar surface area (TPSA) is 87.1 Å². The van der Waals surface area contributed by atoms with Crippen LogP contribution in [-0.4, -0.2) is 29.0 Å². The van der Waals surface area contributed by atoms with Crippen molar-refractivity contribution in [2.24, 2.45) is 0 Å². The van der Waals surface area contributed by atoms with Crippen molar-refractivity contribution in [2.75, 3.05) is 12.0 Å². The van der Waals surface area contributed by atoms with Gasteiger partial charge in [0.1, 0.15) is 17.3 Å². The zero-order valence-corrected chi connectivity index (χ0v) is 17.1. The number of phenols is 1. The van der Waals surface area contributed by atoms with Crippen LogP contribution in [0.25, 0.3) is 5.76 Å². The van der Waals surface area contributed by atoms with Gasteiger partial charge in [0.25, 0.3) is 11.7 Å². The number of nitrogens with zero attached hydrogens (tertiary/aromatic N) is 1. The Morgan fingerprint density at radius 1 is 0.903 bits per heavy atom. The standard InChI is InChI=1S/C25H21NO5/c1-15-3-5-17(6-4-15)23(28)21-22(16-7-13-20(31-2)14-8-16)26(25(30)24(21)29)18-9-11-19(27)12-10-18/h3-14,22,27-28H,1-2H3/t22-/m0/s1. The number of phenolic OH excluding ortho intramolecular Hbond substituents is 1. The van der Waals surface area contributed by atoms with E-state index in [1.54, 1.807) is 55.6 Å². The van der Waals surface area contributed by atoms with E-state index >= 15 is 0 Å². The van der Waals surface area contributed by atoms with Crippen molar-refractivity contribution >= 4 is 23.1 Å². The molecule has 6 heteroatoms. The van der Waals surface area contributed by atoms with E-state index in [-0.39, 0.29) is 17.1 Å². The van der Waals surface area contributed by atoms with E-state index in [0.29, 0.717) is 22.6 Å². The number of rotatable bonds is 4. The van der Waals surface area contributed by atoms with Gasteiger partial charge in [-0.1, -0.05) is 42.0 Å². The van der Waals surface area contributed by atoms with E-state index in [0.717, 1.165) is 5.56 Å². The zero-order chi connectivity index (χ0) is 22.1. The first kappa shape index (κ1) is 20.2. The highest BCUT2D eigenvalue weighted by molar-refractivity contribution is 6.51. The lowest BCUT2D eigenvalue weighted by atomic mass is 9.95. The maximum Gasteiger partial charge on any atom is 0.300 e. The van der Waals surface area contributed by atoms with Gasteiger partial charge in [-0.25, -0.2) is 0 Å². The Hall–Kier alpha value is -4.06. The number of hydrogen-bond donors (Lipinski definition) is 2. The third kappa shape index (κ3) is 3.64. The molecule has 0 bridgehead atoms. The number of aliphatic hydroxyl groups is 1. The Balaban J connectivity index is 1.92. The molecule has 0 aliphatic carbocycles. The molecule has 1 aliphatic heterocycles. The molecule has 4 rings (SSSR count). The van der Waals surface area contributed by atoms with Gasteiger partial charge >= 0.3 is 0 Å². The first-order chi connectivity index (χ1) is 14.9. The van der Waals surface area contributed by atoms with Crippen LogP contribution < -0.4 is 9.64 Å². The minimum absolute atomic E-state index is 0.00657. The molecule has 1 heterocycles. The lowest BCUT2D eigenvalue weighted by Gasteiger charge is -2.25. The number of ether oxygens (including phenoxy) is 1. The summed E-state index contributed by atoms with van der Waals surface area (Å²) in [6, 6.07) is 19.2. The van der Waals surface area contributed by atoms with Gasteiger partial charge in [-0.05, 0) is 48.9 Å². The van der Waals surface area contributed by atoms with Crippen LogP contribution in [0.3, 0.4) is 0 Å². The summed E-state index contributed by atoms with van der Waals surface area (Å²) in [6.45, 7) is 1.92. The van der Waals surface area contributed by atoms with E-state index in [2.05, 4.69) is 0 Å². The number of methoxy groups -OCH3 is 1. The Morgan fingerprint density at radius 2 is 1.52 bits per heavy atom. The minimum atomic E-state index is -0.836. The van der Waals surface area contributed by atoms with Gasteiger partial charge in [-0.15, -0.1) is 0 Å². The minimum Gasteiger partial charge on any atom is -0.508 e. The van der Waals surface area contributed by atoms with Gasteiger partial charge in [-0.3, -0.25) is 14.5 Å². The fraction of sp³-hybridized carbons (Fsp3) is 0.120. The molecule has 1 saturated heterocycles. The number of amides is 1. The summed E-state index contributed by atoms with van der Waals surface area (Å²) in [5.41, 5.74) is 2.54. The lowest BCUT2D eigenvalue weighted by molar-refractivity contribution is -0.132. The van der Waals surface area contributed by atoms with Gasteiger partial charge in [-0.2, -0.15) is 0 Å². The average molecular weight is 415 g/mol. The van der Waals surface area contributed by atoms with Crippen LogP contribution in [0.2, 0.25) is 0 Å². The SMILES string of the molecule is COc1ccc([C@H]2C(=C(O)c3ccc(C)cc3)C(=O)C(=O)N2c2ccc(O)cc2)cc1. The van der Waals surface area contributed by atoms with Gasteiger partial charge in [0.15, 0.2) is 0 Å². The third-order valence-electron chi connectivity index (χ3n) is 5.33. The van der Waals surface area contributed by atoms with Crippen LogP contribution in [0.15, 0.2) is 78.4 Å². The van der Waals surface area contributed by atoms with Crippen LogP contribution >= 0.6 is 0 Å². The molecule has 0 aromatic heterocycles. The Bertz CT molecular complexity index is 1160. The third-order valence-corrected chi connectivity index (χ3v) is 5.33. The van der Waals surface area contributed by atoms with Crippen molar-refractivity contribution in [1.82, 2.24) is 0 Å². The highest BCUT2D eigenvalue weighted by Gasteiger charge is 2.46. The molecule has 156 valence electrons. The van der Waals surface area contributed by atoms with Crippen LogP contribution in [0.4, 0.5) is 5.69 Å². The Morgan fingerprint density at radius 3 is 2.10 bits per heavy atom. The van der Waals surface area contributed by atoms with Crippen LogP contribution in [-0.2, 0) is 9.59 Å². The van der Waals surface area contributed by atoms with E-state index in [1.807, 2.05) is 19.1 Å². The molecule has 0 radical (unpaired) electrons. The number of aromatic hydroxyl groups is 1. The summed E-state index contributed by atoms with van der Waals surface area (Å²) >= 11 is 0. The number of aryl methyl sites for hydroxylation is 1. The van der Waals surface area contributed by atoms with Crippen molar-refractivity contribution in [3.05, 3.63) is 95.1 Å². The maximum absolute atomic E-state index is 13.1. The largest absolute Gasteiger partial charge is 0.508 e. The number of benzene rings is 3. The number of carbonyl (C=O) groups excluding carboxylic acids is 2. The molecular formula is C25H21NO5. The van der Waals surface area contributed by atoms with E-state index < -0.39 is 17.7 Å². The highest BCUT2D eigenvalue weighted by atomic mass is 16.5. The zero-order valence-electron chi connectivity index (χ0n) is 17.1. The number of carbonyl (C=O) groups is 2. The number of hydrogen-bond acceptors (Lipinski definition) is 5. The molecule has 3 aromatic carbocycles. The monoisotopic (exact) mass is 415 g/mol. The number of ketones is 1. The molecule has 3 aromatic rings. The van der Waals surface area contributed by atoms with Crippen LogP contribution in [0.1, 0.15) is 22.7 Å². The fourth-order valence-electron chi connectivity index (χ4n) is 3.68. The second-order valence-corrected chi connectivity index (χ2v) is 7.32. The first-order valence-electron chi connectivity index (χ1n) is 9.71.